The van der Waals surface area contributed by atoms with Crippen LogP contribution in [0, 0.1) is 12.8 Å². The van der Waals surface area contributed by atoms with Crippen LogP contribution in [-0.4, -0.2) is 34.7 Å². The van der Waals surface area contributed by atoms with Crippen molar-refractivity contribution >= 4 is 5.91 Å². The van der Waals surface area contributed by atoms with Gasteiger partial charge in [-0.2, -0.15) is 0 Å². The lowest BCUT2D eigenvalue weighted by Gasteiger charge is -2.16. The smallest absolute Gasteiger partial charge is 0.228 e. The first-order valence-corrected chi connectivity index (χ1v) is 4.94. The maximum Gasteiger partial charge on any atom is 0.228 e. The van der Waals surface area contributed by atoms with Crippen LogP contribution in [-0.2, 0) is 4.79 Å². The maximum absolute atomic E-state index is 11.6. The van der Waals surface area contributed by atoms with Crippen molar-refractivity contribution < 1.29 is 14.4 Å². The molecule has 1 aromatic rings. The topological polar surface area (TPSA) is 66.6 Å². The van der Waals surface area contributed by atoms with Gasteiger partial charge < -0.3 is 14.5 Å². The normalized spacial score (nSPS) is 26.3. The number of carbonyl (C=O) groups excluding carboxylic acids is 1. The lowest BCUT2D eigenvalue weighted by atomic mass is 10.0. The quantitative estimate of drug-likeness (QED) is 0.771. The first-order valence-electron chi connectivity index (χ1n) is 4.94. The fourth-order valence-corrected chi connectivity index (χ4v) is 1.97. The molecule has 0 aliphatic carbocycles. The van der Waals surface area contributed by atoms with E-state index < -0.39 is 0 Å². The van der Waals surface area contributed by atoms with Crippen molar-refractivity contribution in [1.82, 2.24) is 10.1 Å². The average Bonchev–Trinajstić information content (AvgIpc) is 2.74. The van der Waals surface area contributed by atoms with Crippen LogP contribution in [0.1, 0.15) is 23.9 Å². The Labute approximate surface area is 87.7 Å². The zero-order valence-corrected chi connectivity index (χ0v) is 8.80. The molecule has 0 aromatic carbocycles. The lowest BCUT2D eigenvalue weighted by molar-refractivity contribution is -0.131. The number of nitrogens with zero attached hydrogens (tertiary/aromatic N) is 2. The third kappa shape index (κ3) is 1.63. The molecule has 5 heteroatoms. The highest BCUT2D eigenvalue weighted by Crippen LogP contribution is 2.34. The molecule has 0 saturated carbocycles. The first kappa shape index (κ1) is 10.2. The van der Waals surface area contributed by atoms with E-state index in [0.717, 1.165) is 5.69 Å². The Kier molecular flexibility index (Phi) is 2.48. The predicted molar refractivity (Wildman–Crippen MR) is 51.9 cm³/mol. The number of aliphatic hydroxyl groups is 1. The monoisotopic (exact) mass is 210 g/mol. The van der Waals surface area contributed by atoms with Crippen LogP contribution >= 0.6 is 0 Å². The summed E-state index contributed by atoms with van der Waals surface area (Å²) in [4.78, 5) is 13.2. The summed E-state index contributed by atoms with van der Waals surface area (Å²) in [7, 11) is 1.72. The Hall–Kier alpha value is -1.36. The molecule has 1 fully saturated rings. The summed E-state index contributed by atoms with van der Waals surface area (Å²) in [6.45, 7) is 1.74. The fourth-order valence-electron chi connectivity index (χ4n) is 1.97. The van der Waals surface area contributed by atoms with E-state index in [-0.39, 0.29) is 24.5 Å². The van der Waals surface area contributed by atoms with Gasteiger partial charge in [-0.15, -0.1) is 0 Å². The summed E-state index contributed by atoms with van der Waals surface area (Å²) in [5.74, 6) is 0.362. The number of aromatic nitrogens is 1. The fraction of sp³-hybridized carbons (Fsp3) is 0.600. The van der Waals surface area contributed by atoms with Gasteiger partial charge in [-0.3, -0.25) is 4.79 Å². The van der Waals surface area contributed by atoms with E-state index in [9.17, 15) is 4.79 Å². The maximum atomic E-state index is 11.6. The number of aliphatic hydroxyl groups excluding tert-OH is 1. The minimum absolute atomic E-state index is 0.0310. The molecule has 0 radical (unpaired) electrons. The Bertz CT molecular complexity index is 374. The Balaban J connectivity index is 2.21. The largest absolute Gasteiger partial charge is 0.396 e. The molecule has 82 valence electrons. The molecule has 2 rings (SSSR count). The number of amides is 1. The Morgan fingerprint density at radius 1 is 1.73 bits per heavy atom. The second kappa shape index (κ2) is 3.66. The standard InChI is InChI=1S/C10H14N2O3/c1-6-3-9(15-11-6)8-4-7(5-13)10(14)12(8)2/h3,7-8,13H,4-5H2,1-2H3/t7-,8-/m0/s1. The van der Waals surface area contributed by atoms with Gasteiger partial charge in [0.2, 0.25) is 5.91 Å². The van der Waals surface area contributed by atoms with E-state index in [2.05, 4.69) is 5.16 Å². The first-order chi connectivity index (χ1) is 7.13. The molecule has 5 nitrogen and oxygen atoms in total. The van der Waals surface area contributed by atoms with Crippen molar-refractivity contribution in [3.05, 3.63) is 17.5 Å². The highest BCUT2D eigenvalue weighted by molar-refractivity contribution is 5.81. The third-order valence-corrected chi connectivity index (χ3v) is 2.87. The summed E-state index contributed by atoms with van der Waals surface area (Å²) >= 11 is 0. The molecule has 1 saturated heterocycles. The van der Waals surface area contributed by atoms with Crippen LogP contribution in [0.2, 0.25) is 0 Å². The van der Waals surface area contributed by atoms with Crippen LogP contribution < -0.4 is 0 Å². The van der Waals surface area contributed by atoms with Gasteiger partial charge in [-0.25, -0.2) is 0 Å². The number of carbonyl (C=O) groups is 1. The number of likely N-dealkylation sites (tertiary alicyclic amines) is 1. The molecule has 2 atom stereocenters. The molecule has 1 aromatic heterocycles. The minimum Gasteiger partial charge on any atom is -0.396 e. The van der Waals surface area contributed by atoms with Crippen molar-refractivity contribution in [3.8, 4) is 0 Å². The summed E-state index contributed by atoms with van der Waals surface area (Å²) in [6, 6.07) is 1.74. The Morgan fingerprint density at radius 3 is 2.93 bits per heavy atom. The molecule has 15 heavy (non-hydrogen) atoms. The van der Waals surface area contributed by atoms with Crippen LogP contribution in [0.5, 0.6) is 0 Å². The molecule has 1 amide bonds. The average molecular weight is 210 g/mol. The molecule has 0 unspecified atom stereocenters. The number of hydrogen-bond donors (Lipinski definition) is 1. The van der Waals surface area contributed by atoms with E-state index in [4.69, 9.17) is 9.63 Å². The van der Waals surface area contributed by atoms with Gasteiger partial charge in [0, 0.05) is 13.1 Å². The van der Waals surface area contributed by atoms with Crippen LogP contribution in [0.4, 0.5) is 0 Å². The van der Waals surface area contributed by atoms with Gasteiger partial charge in [0.25, 0.3) is 0 Å². The van der Waals surface area contributed by atoms with Gasteiger partial charge in [-0.1, -0.05) is 5.16 Å². The zero-order chi connectivity index (χ0) is 11.0. The van der Waals surface area contributed by atoms with Crippen LogP contribution in [0.15, 0.2) is 10.6 Å². The molecule has 1 aliphatic rings. The Morgan fingerprint density at radius 2 is 2.47 bits per heavy atom. The SMILES string of the molecule is Cc1cc([C@@H]2C[C@@H](CO)C(=O)N2C)on1. The molecule has 1 N–H and O–H groups in total. The third-order valence-electron chi connectivity index (χ3n) is 2.87. The second-order valence-corrected chi connectivity index (χ2v) is 3.95. The zero-order valence-electron chi connectivity index (χ0n) is 8.80. The summed E-state index contributed by atoms with van der Waals surface area (Å²) in [6.07, 6.45) is 0.598. The second-order valence-electron chi connectivity index (χ2n) is 3.95. The van der Waals surface area contributed by atoms with E-state index in [0.29, 0.717) is 12.2 Å². The van der Waals surface area contributed by atoms with Crippen molar-refractivity contribution in [2.75, 3.05) is 13.7 Å². The van der Waals surface area contributed by atoms with Gasteiger partial charge in [0.05, 0.1) is 24.3 Å². The van der Waals surface area contributed by atoms with E-state index in [1.807, 2.05) is 13.0 Å². The highest BCUT2D eigenvalue weighted by Gasteiger charge is 2.39. The summed E-state index contributed by atoms with van der Waals surface area (Å²) < 4.78 is 5.13. The van der Waals surface area contributed by atoms with Crippen LogP contribution in [0.25, 0.3) is 0 Å². The predicted octanol–water partition coefficient (Wildman–Crippen LogP) is 0.495. The molecule has 1 aliphatic heterocycles. The molecule has 0 spiro atoms. The van der Waals surface area contributed by atoms with E-state index in [1.54, 1.807) is 11.9 Å². The summed E-state index contributed by atoms with van der Waals surface area (Å²) in [5.41, 5.74) is 0.804. The van der Waals surface area contributed by atoms with Crippen molar-refractivity contribution in [1.29, 1.82) is 0 Å². The van der Waals surface area contributed by atoms with Gasteiger partial charge in [-0.05, 0) is 13.3 Å². The molecular weight excluding hydrogens is 196 g/mol. The van der Waals surface area contributed by atoms with Crippen molar-refractivity contribution in [2.45, 2.75) is 19.4 Å². The van der Waals surface area contributed by atoms with Crippen molar-refractivity contribution in [2.24, 2.45) is 5.92 Å². The van der Waals surface area contributed by atoms with Crippen molar-refractivity contribution in [3.63, 3.8) is 0 Å². The van der Waals surface area contributed by atoms with E-state index >= 15 is 0 Å². The lowest BCUT2D eigenvalue weighted by Crippen LogP contribution is -2.25. The summed E-state index contributed by atoms with van der Waals surface area (Å²) in [5, 5.41) is 12.8. The van der Waals surface area contributed by atoms with Gasteiger partial charge >= 0.3 is 0 Å². The van der Waals surface area contributed by atoms with Gasteiger partial charge in [0.1, 0.15) is 0 Å². The molecular formula is C10H14N2O3. The highest BCUT2D eigenvalue weighted by atomic mass is 16.5. The number of rotatable bonds is 2. The minimum atomic E-state index is -0.301. The molecule has 2 heterocycles. The number of aryl methyl sites for hydroxylation is 1. The van der Waals surface area contributed by atoms with E-state index in [1.165, 1.54) is 0 Å². The molecule has 0 bridgehead atoms. The number of hydrogen-bond acceptors (Lipinski definition) is 4. The van der Waals surface area contributed by atoms with Gasteiger partial charge in [0.15, 0.2) is 5.76 Å². The van der Waals surface area contributed by atoms with Crippen LogP contribution in [0.3, 0.4) is 0 Å².